The van der Waals surface area contributed by atoms with E-state index in [1.165, 1.54) is 135 Å². The van der Waals surface area contributed by atoms with Crippen molar-refractivity contribution in [2.75, 3.05) is 13.2 Å². The number of ether oxygens (including phenoxy) is 2. The topological polar surface area (TPSA) is 72.8 Å². The van der Waals surface area contributed by atoms with Gasteiger partial charge in [-0.1, -0.05) is 178 Å². The van der Waals surface area contributed by atoms with E-state index in [0.29, 0.717) is 12.8 Å². The summed E-state index contributed by atoms with van der Waals surface area (Å²) >= 11 is 0. The minimum absolute atomic E-state index is 0.0732. The number of carbonyl (C=O) groups excluding carboxylic acids is 2. The maximum atomic E-state index is 12.2. The minimum atomic E-state index is -0.779. The van der Waals surface area contributed by atoms with Gasteiger partial charge in [0.15, 0.2) is 6.10 Å². The summed E-state index contributed by atoms with van der Waals surface area (Å²) in [4.78, 5) is 24.3. The van der Waals surface area contributed by atoms with E-state index in [1.807, 2.05) is 0 Å². The molecule has 0 amide bonds. The van der Waals surface area contributed by atoms with E-state index in [1.54, 1.807) is 0 Å². The van der Waals surface area contributed by atoms with E-state index >= 15 is 0 Å². The van der Waals surface area contributed by atoms with Gasteiger partial charge in [-0.25, -0.2) is 0 Å². The molecule has 1 atom stereocenters. The van der Waals surface area contributed by atoms with Crippen LogP contribution in [-0.4, -0.2) is 36.4 Å². The van der Waals surface area contributed by atoms with Gasteiger partial charge in [-0.15, -0.1) is 0 Å². The molecule has 0 heterocycles. The molecule has 0 aliphatic rings. The second-order valence-electron chi connectivity index (χ2n) is 14.8. The van der Waals surface area contributed by atoms with Gasteiger partial charge in [0.05, 0.1) is 6.61 Å². The molecule has 0 fully saturated rings. The number of rotatable bonds is 40. The first-order chi connectivity index (χ1) is 25.6. The predicted molar refractivity (Wildman–Crippen MR) is 224 cm³/mol. The minimum Gasteiger partial charge on any atom is -0.462 e. The van der Waals surface area contributed by atoms with Gasteiger partial charge >= 0.3 is 11.9 Å². The number of aliphatic hydroxyl groups is 1. The van der Waals surface area contributed by atoms with Crippen LogP contribution < -0.4 is 0 Å². The summed E-state index contributed by atoms with van der Waals surface area (Å²) in [5.74, 6) is -0.606. The van der Waals surface area contributed by atoms with E-state index < -0.39 is 6.10 Å². The van der Waals surface area contributed by atoms with Crippen LogP contribution in [0.1, 0.15) is 219 Å². The molecule has 0 aliphatic heterocycles. The Bertz CT molecular complexity index is 873. The van der Waals surface area contributed by atoms with E-state index in [0.717, 1.165) is 57.8 Å². The SMILES string of the molecule is CCCCCCC/C=C\C/C=C\C/C=C\CCCCCCCCCCC(=O)OC(CO)COC(=O)CCCCCCC/C=C\CCCCCCCC. The van der Waals surface area contributed by atoms with Crippen molar-refractivity contribution in [2.45, 2.75) is 225 Å². The molecule has 52 heavy (non-hydrogen) atoms. The molecular weight excluding hydrogens is 645 g/mol. The lowest BCUT2D eigenvalue weighted by atomic mass is 10.1. The van der Waals surface area contributed by atoms with Gasteiger partial charge in [0.1, 0.15) is 6.61 Å². The van der Waals surface area contributed by atoms with Crippen LogP contribution in [0.25, 0.3) is 0 Å². The molecule has 5 heteroatoms. The van der Waals surface area contributed by atoms with Gasteiger partial charge in [0.2, 0.25) is 0 Å². The second kappa shape index (κ2) is 43.3. The van der Waals surface area contributed by atoms with Crippen LogP contribution >= 0.6 is 0 Å². The van der Waals surface area contributed by atoms with Crippen LogP contribution in [0.3, 0.4) is 0 Å². The van der Waals surface area contributed by atoms with Crippen LogP contribution in [-0.2, 0) is 19.1 Å². The van der Waals surface area contributed by atoms with Gasteiger partial charge in [-0.3, -0.25) is 9.59 Å². The third kappa shape index (κ3) is 40.6. The number of hydrogen-bond donors (Lipinski definition) is 1. The molecule has 0 aliphatic carbocycles. The van der Waals surface area contributed by atoms with E-state index in [2.05, 4.69) is 62.5 Å². The van der Waals surface area contributed by atoms with Gasteiger partial charge in [-0.2, -0.15) is 0 Å². The largest absolute Gasteiger partial charge is 0.462 e. The fourth-order valence-electron chi connectivity index (χ4n) is 6.20. The molecule has 0 rings (SSSR count). The first-order valence-corrected chi connectivity index (χ1v) is 22.2. The Labute approximate surface area is 322 Å². The van der Waals surface area contributed by atoms with Crippen molar-refractivity contribution in [3.8, 4) is 0 Å². The van der Waals surface area contributed by atoms with Crippen molar-refractivity contribution in [3.63, 3.8) is 0 Å². The zero-order valence-corrected chi connectivity index (χ0v) is 34.3. The molecule has 0 saturated heterocycles. The fraction of sp³-hybridized carbons (Fsp3) is 0.787. The highest BCUT2D eigenvalue weighted by atomic mass is 16.6. The zero-order chi connectivity index (χ0) is 37.8. The predicted octanol–water partition coefficient (Wildman–Crippen LogP) is 14.2. The molecule has 0 saturated carbocycles. The van der Waals surface area contributed by atoms with Crippen molar-refractivity contribution >= 4 is 11.9 Å². The molecule has 0 aromatic heterocycles. The van der Waals surface area contributed by atoms with Gasteiger partial charge in [0, 0.05) is 12.8 Å². The number of aliphatic hydroxyl groups excluding tert-OH is 1. The number of unbranched alkanes of at least 4 members (excludes halogenated alkanes) is 24. The summed E-state index contributed by atoms with van der Waals surface area (Å²) in [6.07, 6.45) is 54.6. The standard InChI is InChI=1S/C47H84O5/c1-3-5-7-9-11-13-15-17-19-20-21-22-23-24-25-26-28-30-32-34-36-38-40-42-47(50)52-45(43-48)44-51-46(49)41-39-37-35-33-31-29-27-18-16-14-12-10-8-6-4-2/h15,17-18,20-21,23-24,27,45,48H,3-14,16,19,22,25-26,28-44H2,1-2H3/b17-15-,21-20-,24-23-,27-18-. The van der Waals surface area contributed by atoms with E-state index in [-0.39, 0.29) is 25.2 Å². The summed E-state index contributed by atoms with van der Waals surface area (Å²) in [5.41, 5.74) is 0. The van der Waals surface area contributed by atoms with E-state index in [9.17, 15) is 14.7 Å². The van der Waals surface area contributed by atoms with Crippen LogP contribution in [0.15, 0.2) is 48.6 Å². The zero-order valence-electron chi connectivity index (χ0n) is 34.3. The Kier molecular flexibility index (Phi) is 41.5. The maximum absolute atomic E-state index is 12.2. The molecule has 0 aromatic carbocycles. The number of esters is 2. The van der Waals surface area contributed by atoms with Crippen LogP contribution in [0.5, 0.6) is 0 Å². The summed E-state index contributed by atoms with van der Waals surface area (Å²) in [6, 6.07) is 0. The highest BCUT2D eigenvalue weighted by Crippen LogP contribution is 2.13. The van der Waals surface area contributed by atoms with Crippen LogP contribution in [0.4, 0.5) is 0 Å². The lowest BCUT2D eigenvalue weighted by Gasteiger charge is -2.15. The number of allylic oxidation sites excluding steroid dienone is 8. The van der Waals surface area contributed by atoms with Crippen molar-refractivity contribution in [1.82, 2.24) is 0 Å². The van der Waals surface area contributed by atoms with Gasteiger partial charge in [0.25, 0.3) is 0 Å². The fourth-order valence-corrected chi connectivity index (χ4v) is 6.20. The van der Waals surface area contributed by atoms with Gasteiger partial charge < -0.3 is 14.6 Å². The van der Waals surface area contributed by atoms with Crippen molar-refractivity contribution in [3.05, 3.63) is 48.6 Å². The lowest BCUT2D eigenvalue weighted by Crippen LogP contribution is -2.28. The Balaban J connectivity index is 3.56. The second-order valence-corrected chi connectivity index (χ2v) is 14.8. The molecule has 0 spiro atoms. The van der Waals surface area contributed by atoms with Crippen molar-refractivity contribution in [2.24, 2.45) is 0 Å². The first-order valence-electron chi connectivity index (χ1n) is 22.2. The summed E-state index contributed by atoms with van der Waals surface area (Å²) in [5, 5.41) is 9.58. The smallest absolute Gasteiger partial charge is 0.306 e. The Morgan fingerprint density at radius 1 is 0.442 bits per heavy atom. The molecule has 0 bridgehead atoms. The summed E-state index contributed by atoms with van der Waals surface area (Å²) in [6.45, 7) is 4.11. The third-order valence-electron chi connectivity index (χ3n) is 9.60. The lowest BCUT2D eigenvalue weighted by molar-refractivity contribution is -0.161. The average Bonchev–Trinajstić information content (AvgIpc) is 3.15. The molecule has 0 radical (unpaired) electrons. The molecule has 0 aromatic rings. The number of hydrogen-bond acceptors (Lipinski definition) is 5. The molecule has 302 valence electrons. The Morgan fingerprint density at radius 2 is 0.769 bits per heavy atom. The molecular formula is C47H84O5. The highest BCUT2D eigenvalue weighted by molar-refractivity contribution is 5.70. The molecule has 5 nitrogen and oxygen atoms in total. The Hall–Kier alpha value is -2.14. The van der Waals surface area contributed by atoms with Crippen molar-refractivity contribution < 1.29 is 24.2 Å². The maximum Gasteiger partial charge on any atom is 0.306 e. The summed E-state index contributed by atoms with van der Waals surface area (Å²) < 4.78 is 10.6. The molecule has 1 unspecified atom stereocenters. The van der Waals surface area contributed by atoms with Crippen LogP contribution in [0.2, 0.25) is 0 Å². The van der Waals surface area contributed by atoms with Gasteiger partial charge in [-0.05, 0) is 77.0 Å². The van der Waals surface area contributed by atoms with Crippen molar-refractivity contribution in [1.29, 1.82) is 0 Å². The Morgan fingerprint density at radius 3 is 1.17 bits per heavy atom. The number of carbonyl (C=O) groups is 2. The normalized spacial score (nSPS) is 12.6. The van der Waals surface area contributed by atoms with E-state index in [4.69, 9.17) is 9.47 Å². The molecule has 1 N–H and O–H groups in total. The highest BCUT2D eigenvalue weighted by Gasteiger charge is 2.16. The van der Waals surface area contributed by atoms with Crippen LogP contribution in [0, 0.1) is 0 Å². The quantitative estimate of drug-likeness (QED) is 0.0386. The third-order valence-corrected chi connectivity index (χ3v) is 9.60. The first kappa shape index (κ1) is 49.9. The average molecular weight is 729 g/mol. The monoisotopic (exact) mass is 729 g/mol. The summed E-state index contributed by atoms with van der Waals surface area (Å²) in [7, 11) is 0.